The number of carbonyl (C=O) groups excluding carboxylic acids is 2. The number of hydrogen-bond acceptors (Lipinski definition) is 3. The third-order valence-electron chi connectivity index (χ3n) is 4.27. The summed E-state index contributed by atoms with van der Waals surface area (Å²) >= 11 is 0. The third kappa shape index (κ3) is 6.18. The van der Waals surface area contributed by atoms with Crippen LogP contribution >= 0.6 is 0 Å². The lowest BCUT2D eigenvalue weighted by Gasteiger charge is -2.32. The number of carbonyl (C=O) groups is 2. The predicted molar refractivity (Wildman–Crippen MR) is 102 cm³/mol. The number of nitrogens with zero attached hydrogens (tertiary/aromatic N) is 2. The Balaban J connectivity index is 1.84. The largest absolute Gasteiger partial charge is 0.348 e. The van der Waals surface area contributed by atoms with Gasteiger partial charge in [0.05, 0.1) is 0 Å². The number of amides is 2. The van der Waals surface area contributed by atoms with E-state index in [9.17, 15) is 9.59 Å². The number of rotatable bonds is 4. The first-order chi connectivity index (χ1) is 12.3. The van der Waals surface area contributed by atoms with E-state index in [1.807, 2.05) is 24.8 Å². The highest BCUT2D eigenvalue weighted by atomic mass is 16.2. The molecule has 26 heavy (non-hydrogen) atoms. The summed E-state index contributed by atoms with van der Waals surface area (Å²) in [5, 5.41) is 3.03. The molecule has 140 valence electrons. The second-order valence-corrected chi connectivity index (χ2v) is 7.58. The van der Waals surface area contributed by atoms with E-state index >= 15 is 0 Å². The van der Waals surface area contributed by atoms with Crippen molar-refractivity contribution < 1.29 is 9.59 Å². The molecule has 2 heterocycles. The van der Waals surface area contributed by atoms with E-state index < -0.39 is 0 Å². The fraction of sp³-hybridized carbons (Fsp3) is 0.571. The van der Waals surface area contributed by atoms with Crippen LogP contribution in [-0.4, -0.2) is 40.8 Å². The molecule has 0 bridgehead atoms. The molecule has 5 nitrogen and oxygen atoms in total. The first-order valence-electron chi connectivity index (χ1n) is 9.41. The van der Waals surface area contributed by atoms with Crippen molar-refractivity contribution in [2.24, 2.45) is 11.8 Å². The van der Waals surface area contributed by atoms with Gasteiger partial charge < -0.3 is 10.2 Å². The standard InChI is InChI=1S/C21H29N3O2/c1-15(2)5-6-17-7-8-19(22-14-17)21(26)23-18-9-11-24(12-10-18)20(25)13-16(3)4/h7-8,14-16,18H,9-13H2,1-4H3,(H,23,26). The molecule has 0 saturated carbocycles. The molecular formula is C21H29N3O2. The Labute approximate surface area is 156 Å². The molecule has 1 N–H and O–H groups in total. The predicted octanol–water partition coefficient (Wildman–Crippen LogP) is 2.86. The van der Waals surface area contributed by atoms with Crippen molar-refractivity contribution in [1.82, 2.24) is 15.2 Å². The zero-order valence-electron chi connectivity index (χ0n) is 16.2. The van der Waals surface area contributed by atoms with Crippen molar-refractivity contribution in [3.63, 3.8) is 0 Å². The van der Waals surface area contributed by atoms with Gasteiger partial charge in [-0.25, -0.2) is 4.98 Å². The van der Waals surface area contributed by atoms with Crippen molar-refractivity contribution in [3.05, 3.63) is 29.6 Å². The van der Waals surface area contributed by atoms with Crippen LogP contribution in [0.3, 0.4) is 0 Å². The number of piperidine rings is 1. The Kier molecular flexibility index (Phi) is 7.20. The molecule has 1 fully saturated rings. The average molecular weight is 355 g/mol. The van der Waals surface area contributed by atoms with Crippen molar-refractivity contribution in [2.45, 2.75) is 53.0 Å². The molecule has 1 aromatic rings. The van der Waals surface area contributed by atoms with Crippen molar-refractivity contribution >= 4 is 11.8 Å². The van der Waals surface area contributed by atoms with E-state index in [-0.39, 0.29) is 17.9 Å². The van der Waals surface area contributed by atoms with Crippen LogP contribution in [0.5, 0.6) is 0 Å². The smallest absolute Gasteiger partial charge is 0.270 e. The monoisotopic (exact) mass is 355 g/mol. The first-order valence-corrected chi connectivity index (χ1v) is 9.41. The van der Waals surface area contributed by atoms with Crippen molar-refractivity contribution in [3.8, 4) is 11.8 Å². The molecule has 0 radical (unpaired) electrons. The van der Waals surface area contributed by atoms with E-state index in [1.165, 1.54) is 0 Å². The van der Waals surface area contributed by atoms with Crippen molar-refractivity contribution in [1.29, 1.82) is 0 Å². The fourth-order valence-electron chi connectivity index (χ4n) is 2.84. The molecule has 2 rings (SSSR count). The zero-order chi connectivity index (χ0) is 19.1. The van der Waals surface area contributed by atoms with E-state index in [0.717, 1.165) is 18.4 Å². The van der Waals surface area contributed by atoms with Crippen LogP contribution in [0.4, 0.5) is 0 Å². The third-order valence-corrected chi connectivity index (χ3v) is 4.27. The summed E-state index contributed by atoms with van der Waals surface area (Å²) in [5.41, 5.74) is 1.21. The number of likely N-dealkylation sites (tertiary alicyclic amines) is 1. The molecule has 1 aliphatic heterocycles. The lowest BCUT2D eigenvalue weighted by atomic mass is 10.0. The Morgan fingerprint density at radius 1 is 1.23 bits per heavy atom. The van der Waals surface area contributed by atoms with Gasteiger partial charge in [-0.1, -0.05) is 39.5 Å². The minimum Gasteiger partial charge on any atom is -0.348 e. The molecule has 2 amide bonds. The minimum absolute atomic E-state index is 0.0906. The highest BCUT2D eigenvalue weighted by molar-refractivity contribution is 5.92. The highest BCUT2D eigenvalue weighted by Crippen LogP contribution is 2.14. The Morgan fingerprint density at radius 2 is 1.92 bits per heavy atom. The molecule has 0 aliphatic carbocycles. The normalized spacial score (nSPS) is 14.9. The SMILES string of the molecule is CC(C)C#Cc1ccc(C(=O)NC2CCN(C(=O)CC(C)C)CC2)nc1. The summed E-state index contributed by atoms with van der Waals surface area (Å²) < 4.78 is 0. The average Bonchev–Trinajstić information content (AvgIpc) is 2.60. The van der Waals surface area contributed by atoms with Gasteiger partial charge in [0, 0.05) is 43.2 Å². The summed E-state index contributed by atoms with van der Waals surface area (Å²) in [6.07, 6.45) is 3.80. The van der Waals surface area contributed by atoms with Crippen LogP contribution in [0.25, 0.3) is 0 Å². The van der Waals surface area contributed by atoms with E-state index in [4.69, 9.17) is 0 Å². The van der Waals surface area contributed by atoms with Crippen LogP contribution in [0, 0.1) is 23.7 Å². The lowest BCUT2D eigenvalue weighted by molar-refractivity contribution is -0.133. The Morgan fingerprint density at radius 3 is 2.46 bits per heavy atom. The van der Waals surface area contributed by atoms with Crippen molar-refractivity contribution in [2.75, 3.05) is 13.1 Å². The number of pyridine rings is 1. The van der Waals surface area contributed by atoms with Gasteiger partial charge in [-0.2, -0.15) is 0 Å². The quantitative estimate of drug-likeness (QED) is 0.845. The van der Waals surface area contributed by atoms with Gasteiger partial charge in [0.2, 0.25) is 5.91 Å². The maximum atomic E-state index is 12.4. The second kappa shape index (κ2) is 9.38. The molecule has 1 aliphatic rings. The molecule has 0 unspecified atom stereocenters. The maximum absolute atomic E-state index is 12.4. The van der Waals surface area contributed by atoms with Crippen LogP contribution in [0.15, 0.2) is 18.3 Å². The summed E-state index contributed by atoms with van der Waals surface area (Å²) in [7, 11) is 0. The van der Waals surface area contributed by atoms with Crippen LogP contribution in [0.1, 0.15) is 63.0 Å². The van der Waals surface area contributed by atoms with Gasteiger partial charge in [0.25, 0.3) is 5.91 Å². The number of aromatic nitrogens is 1. The zero-order valence-corrected chi connectivity index (χ0v) is 16.2. The molecule has 5 heteroatoms. The van der Waals surface area contributed by atoms with Gasteiger partial charge >= 0.3 is 0 Å². The lowest BCUT2D eigenvalue weighted by Crippen LogP contribution is -2.46. The van der Waals surface area contributed by atoms with Crippen LogP contribution in [-0.2, 0) is 4.79 Å². The number of nitrogens with one attached hydrogen (secondary N) is 1. The number of hydrogen-bond donors (Lipinski definition) is 1. The second-order valence-electron chi connectivity index (χ2n) is 7.58. The highest BCUT2D eigenvalue weighted by Gasteiger charge is 2.24. The van der Waals surface area contributed by atoms with Gasteiger partial charge in [-0.3, -0.25) is 9.59 Å². The van der Waals surface area contributed by atoms with Gasteiger partial charge in [-0.15, -0.1) is 0 Å². The molecular weight excluding hydrogens is 326 g/mol. The van der Waals surface area contributed by atoms with Gasteiger partial charge in [-0.05, 0) is 30.9 Å². The fourth-order valence-corrected chi connectivity index (χ4v) is 2.84. The Bertz CT molecular complexity index is 675. The molecule has 0 spiro atoms. The van der Waals surface area contributed by atoms with Crippen LogP contribution in [0.2, 0.25) is 0 Å². The summed E-state index contributed by atoms with van der Waals surface area (Å²) in [6.45, 7) is 9.57. The summed E-state index contributed by atoms with van der Waals surface area (Å²) in [4.78, 5) is 30.6. The molecule has 1 saturated heterocycles. The van der Waals surface area contributed by atoms with Gasteiger partial charge in [0.1, 0.15) is 5.69 Å². The van der Waals surface area contributed by atoms with E-state index in [2.05, 4.69) is 36.0 Å². The Hall–Kier alpha value is -2.35. The van der Waals surface area contributed by atoms with E-state index in [1.54, 1.807) is 12.3 Å². The molecule has 1 aromatic heterocycles. The molecule has 0 atom stereocenters. The molecule has 0 aromatic carbocycles. The summed E-state index contributed by atoms with van der Waals surface area (Å²) in [6, 6.07) is 3.62. The first kappa shape index (κ1) is 20.0. The summed E-state index contributed by atoms with van der Waals surface area (Å²) in [5.74, 6) is 6.84. The minimum atomic E-state index is -0.166. The van der Waals surface area contributed by atoms with Gasteiger partial charge in [0.15, 0.2) is 0 Å². The topological polar surface area (TPSA) is 62.3 Å². The maximum Gasteiger partial charge on any atom is 0.270 e. The van der Waals surface area contributed by atoms with Crippen LogP contribution < -0.4 is 5.32 Å². The van der Waals surface area contributed by atoms with E-state index in [0.29, 0.717) is 37.0 Å².